The minimum absolute atomic E-state index is 0.0629. The van der Waals surface area contributed by atoms with Crippen molar-refractivity contribution in [1.29, 1.82) is 0 Å². The van der Waals surface area contributed by atoms with Gasteiger partial charge in [-0.2, -0.15) is 11.8 Å². The van der Waals surface area contributed by atoms with Crippen LogP contribution in [0.2, 0.25) is 0 Å². The van der Waals surface area contributed by atoms with Gasteiger partial charge in [-0.1, -0.05) is 30.7 Å². The maximum Gasteiger partial charge on any atom is 0.251 e. The summed E-state index contributed by atoms with van der Waals surface area (Å²) in [6.45, 7) is 6.86. The quantitative estimate of drug-likeness (QED) is 0.658. The molecule has 2 aromatic rings. The molecule has 3 rings (SSSR count). The van der Waals surface area contributed by atoms with Crippen LogP contribution in [-0.4, -0.2) is 30.2 Å². The predicted molar refractivity (Wildman–Crippen MR) is 117 cm³/mol. The van der Waals surface area contributed by atoms with E-state index in [1.165, 1.54) is 16.7 Å². The molecule has 6 heteroatoms. The molecule has 0 radical (unpaired) electrons. The molecule has 5 nitrogen and oxygen atoms in total. The molecule has 1 heterocycles. The van der Waals surface area contributed by atoms with Gasteiger partial charge in [-0.15, -0.1) is 0 Å². The van der Waals surface area contributed by atoms with Crippen molar-refractivity contribution in [2.24, 2.45) is 0 Å². The Morgan fingerprint density at radius 1 is 1.14 bits per heavy atom. The third-order valence-corrected chi connectivity index (χ3v) is 5.85. The molecule has 3 N–H and O–H groups in total. The SMILES string of the molecule is CCCNC(=O)c1ccc2c(c1)NC(=O)C(CSCc1cc(C)ccc1C)N2. The summed E-state index contributed by atoms with van der Waals surface area (Å²) < 4.78 is 0. The minimum Gasteiger partial charge on any atom is -0.371 e. The van der Waals surface area contributed by atoms with Gasteiger partial charge in [0.1, 0.15) is 6.04 Å². The van der Waals surface area contributed by atoms with Gasteiger partial charge in [0.25, 0.3) is 5.91 Å². The maximum atomic E-state index is 12.5. The Hall–Kier alpha value is -2.47. The molecule has 1 aliphatic rings. The van der Waals surface area contributed by atoms with Gasteiger partial charge in [0, 0.05) is 23.6 Å². The van der Waals surface area contributed by atoms with Crippen LogP contribution in [0.1, 0.15) is 40.4 Å². The monoisotopic (exact) mass is 397 g/mol. The second kappa shape index (κ2) is 9.15. The fourth-order valence-corrected chi connectivity index (χ4v) is 4.21. The first-order chi connectivity index (χ1) is 13.5. The van der Waals surface area contributed by atoms with E-state index in [0.717, 1.165) is 17.9 Å². The fraction of sp³-hybridized carbons (Fsp3) is 0.364. The molecule has 0 saturated heterocycles. The van der Waals surface area contributed by atoms with E-state index in [-0.39, 0.29) is 17.9 Å². The van der Waals surface area contributed by atoms with E-state index >= 15 is 0 Å². The van der Waals surface area contributed by atoms with Gasteiger partial charge in [-0.05, 0) is 49.6 Å². The van der Waals surface area contributed by atoms with Crippen LogP contribution in [0.4, 0.5) is 11.4 Å². The predicted octanol–water partition coefficient (Wildman–Crippen LogP) is 4.11. The molecule has 1 unspecified atom stereocenters. The normalized spacial score (nSPS) is 15.4. The number of benzene rings is 2. The molecule has 0 saturated carbocycles. The molecule has 0 aliphatic carbocycles. The fourth-order valence-electron chi connectivity index (χ4n) is 3.09. The lowest BCUT2D eigenvalue weighted by Gasteiger charge is -2.27. The number of aryl methyl sites for hydroxylation is 2. The molecular formula is C22H27N3O2S. The highest BCUT2D eigenvalue weighted by Crippen LogP contribution is 2.29. The van der Waals surface area contributed by atoms with Crippen molar-refractivity contribution in [2.75, 3.05) is 22.9 Å². The summed E-state index contributed by atoms with van der Waals surface area (Å²) in [4.78, 5) is 24.6. The molecule has 2 aromatic carbocycles. The van der Waals surface area contributed by atoms with Crippen LogP contribution < -0.4 is 16.0 Å². The number of fused-ring (bicyclic) bond motifs is 1. The Labute approximate surface area is 170 Å². The number of hydrogen-bond donors (Lipinski definition) is 3. The van der Waals surface area contributed by atoms with Gasteiger partial charge in [-0.3, -0.25) is 9.59 Å². The number of hydrogen-bond acceptors (Lipinski definition) is 4. The van der Waals surface area contributed by atoms with E-state index in [4.69, 9.17) is 0 Å². The van der Waals surface area contributed by atoms with Crippen LogP contribution in [-0.2, 0) is 10.5 Å². The summed E-state index contributed by atoms with van der Waals surface area (Å²) in [5.41, 5.74) is 5.90. The summed E-state index contributed by atoms with van der Waals surface area (Å²) in [5.74, 6) is 1.37. The Morgan fingerprint density at radius 3 is 2.75 bits per heavy atom. The van der Waals surface area contributed by atoms with Gasteiger partial charge >= 0.3 is 0 Å². The van der Waals surface area contributed by atoms with Crippen LogP contribution in [0.3, 0.4) is 0 Å². The number of anilines is 2. The molecule has 2 amide bonds. The molecule has 28 heavy (non-hydrogen) atoms. The largest absolute Gasteiger partial charge is 0.371 e. The minimum atomic E-state index is -0.289. The van der Waals surface area contributed by atoms with E-state index < -0.39 is 0 Å². The second-order valence-corrected chi connectivity index (χ2v) is 8.18. The van der Waals surface area contributed by atoms with Crippen molar-refractivity contribution in [3.8, 4) is 0 Å². The third-order valence-electron chi connectivity index (χ3n) is 4.77. The highest BCUT2D eigenvalue weighted by atomic mass is 32.2. The topological polar surface area (TPSA) is 70.2 Å². The van der Waals surface area contributed by atoms with Crippen molar-refractivity contribution < 1.29 is 9.59 Å². The first-order valence-electron chi connectivity index (χ1n) is 9.61. The van der Waals surface area contributed by atoms with Crippen molar-refractivity contribution in [3.63, 3.8) is 0 Å². The standard InChI is InChI=1S/C22H27N3O2S/c1-4-9-23-21(26)16-7-8-18-19(11-16)25-22(27)20(24-18)13-28-12-17-10-14(2)5-6-15(17)3/h5-8,10-11,20,24H,4,9,12-13H2,1-3H3,(H,23,26)(H,25,27). The summed E-state index contributed by atoms with van der Waals surface area (Å²) in [6.07, 6.45) is 0.885. The number of carbonyl (C=O) groups is 2. The molecule has 0 fully saturated rings. The van der Waals surface area contributed by atoms with E-state index in [2.05, 4.69) is 48.0 Å². The van der Waals surface area contributed by atoms with Crippen molar-refractivity contribution in [2.45, 2.75) is 39.0 Å². The smallest absolute Gasteiger partial charge is 0.251 e. The Bertz CT molecular complexity index is 882. The molecule has 0 bridgehead atoms. The van der Waals surface area contributed by atoms with Gasteiger partial charge in [0.15, 0.2) is 0 Å². The summed E-state index contributed by atoms with van der Waals surface area (Å²) >= 11 is 1.74. The summed E-state index contributed by atoms with van der Waals surface area (Å²) in [6, 6.07) is 11.5. The van der Waals surface area contributed by atoms with Crippen molar-refractivity contribution in [1.82, 2.24) is 5.32 Å². The number of amides is 2. The zero-order chi connectivity index (χ0) is 20.1. The first-order valence-corrected chi connectivity index (χ1v) is 10.8. The molecular weight excluding hydrogens is 370 g/mol. The second-order valence-electron chi connectivity index (χ2n) is 7.15. The lowest BCUT2D eigenvalue weighted by molar-refractivity contribution is -0.116. The van der Waals surface area contributed by atoms with Crippen molar-refractivity contribution >= 4 is 35.0 Å². The number of thioether (sulfide) groups is 1. The van der Waals surface area contributed by atoms with Crippen LogP contribution >= 0.6 is 11.8 Å². The van der Waals surface area contributed by atoms with Crippen LogP contribution in [0.15, 0.2) is 36.4 Å². The number of nitrogens with one attached hydrogen (secondary N) is 3. The van der Waals surface area contributed by atoms with E-state index in [1.807, 2.05) is 13.0 Å². The number of rotatable bonds is 7. The number of carbonyl (C=O) groups excluding carboxylic acids is 2. The highest BCUT2D eigenvalue weighted by Gasteiger charge is 2.26. The summed E-state index contributed by atoms with van der Waals surface area (Å²) in [7, 11) is 0. The molecule has 0 spiro atoms. The van der Waals surface area contributed by atoms with Crippen LogP contribution in [0.5, 0.6) is 0 Å². The highest BCUT2D eigenvalue weighted by molar-refractivity contribution is 7.98. The maximum absolute atomic E-state index is 12.5. The molecule has 1 atom stereocenters. The Kier molecular flexibility index (Phi) is 6.62. The van der Waals surface area contributed by atoms with Gasteiger partial charge in [0.05, 0.1) is 11.4 Å². The van der Waals surface area contributed by atoms with Crippen molar-refractivity contribution in [3.05, 3.63) is 58.7 Å². The Morgan fingerprint density at radius 2 is 1.96 bits per heavy atom. The molecule has 148 valence electrons. The van der Waals surface area contributed by atoms with E-state index in [9.17, 15) is 9.59 Å². The lowest BCUT2D eigenvalue weighted by atomic mass is 10.1. The Balaban J connectivity index is 1.60. The van der Waals surface area contributed by atoms with E-state index in [0.29, 0.717) is 23.5 Å². The van der Waals surface area contributed by atoms with Crippen LogP contribution in [0, 0.1) is 13.8 Å². The van der Waals surface area contributed by atoms with Crippen LogP contribution in [0.25, 0.3) is 0 Å². The first kappa shape index (κ1) is 20.3. The lowest BCUT2D eigenvalue weighted by Crippen LogP contribution is -2.40. The zero-order valence-corrected chi connectivity index (χ0v) is 17.4. The third kappa shape index (κ3) is 4.87. The summed E-state index contributed by atoms with van der Waals surface area (Å²) in [5, 5.41) is 9.09. The van der Waals surface area contributed by atoms with E-state index in [1.54, 1.807) is 23.9 Å². The average Bonchev–Trinajstić information content (AvgIpc) is 2.68. The van der Waals surface area contributed by atoms with Gasteiger partial charge < -0.3 is 16.0 Å². The average molecular weight is 398 g/mol. The van der Waals surface area contributed by atoms with Gasteiger partial charge in [-0.25, -0.2) is 0 Å². The van der Waals surface area contributed by atoms with Gasteiger partial charge in [0.2, 0.25) is 5.91 Å². The molecule has 1 aliphatic heterocycles. The molecule has 0 aromatic heterocycles. The zero-order valence-electron chi connectivity index (χ0n) is 16.6.